The molecule has 1 heterocycles. The second-order valence-corrected chi connectivity index (χ2v) is 2.76. The summed E-state index contributed by atoms with van der Waals surface area (Å²) in [6, 6.07) is -0.533. The average molecular weight is 188 g/mol. The number of rotatable bonds is 1. The van der Waals surface area contributed by atoms with Crippen LogP contribution in [0, 0.1) is 0 Å². The van der Waals surface area contributed by atoms with Crippen molar-refractivity contribution in [1.82, 2.24) is 10.2 Å². The van der Waals surface area contributed by atoms with E-state index in [0.717, 1.165) is 0 Å². The van der Waals surface area contributed by atoms with Crippen molar-refractivity contribution >= 4 is 12.1 Å². The molecule has 6 heteroatoms. The summed E-state index contributed by atoms with van der Waals surface area (Å²) in [7, 11) is 1.28. The third-order valence-electron chi connectivity index (χ3n) is 1.93. The van der Waals surface area contributed by atoms with E-state index in [-0.39, 0.29) is 6.54 Å². The Morgan fingerprint density at radius 2 is 2.31 bits per heavy atom. The zero-order valence-corrected chi connectivity index (χ0v) is 7.32. The number of carboxylic acid groups (broad SMARTS) is 1. The van der Waals surface area contributed by atoms with Crippen LogP contribution in [-0.2, 0) is 9.53 Å². The number of carbonyl (C=O) groups excluding carboxylic acids is 1. The molecule has 2 N–H and O–H groups in total. The Labute approximate surface area is 75.5 Å². The molecule has 1 unspecified atom stereocenters. The maximum atomic E-state index is 11.0. The second kappa shape index (κ2) is 4.08. The molecule has 1 aliphatic rings. The lowest BCUT2D eigenvalue weighted by atomic mass is 10.2. The number of piperazine rings is 1. The van der Waals surface area contributed by atoms with Gasteiger partial charge in [0.25, 0.3) is 0 Å². The van der Waals surface area contributed by atoms with Crippen molar-refractivity contribution < 1.29 is 19.4 Å². The number of methoxy groups -OCH3 is 1. The van der Waals surface area contributed by atoms with Gasteiger partial charge in [-0.2, -0.15) is 0 Å². The summed E-state index contributed by atoms with van der Waals surface area (Å²) in [6.07, 6.45) is -1.00. The van der Waals surface area contributed by atoms with Crippen LogP contribution in [0.4, 0.5) is 4.79 Å². The summed E-state index contributed by atoms with van der Waals surface area (Å²) in [5.74, 6) is -0.425. The SMILES string of the molecule is COC(=O)C1CN(C(=O)O)CCN1. The molecule has 1 atom stereocenters. The fourth-order valence-corrected chi connectivity index (χ4v) is 1.22. The van der Waals surface area contributed by atoms with Gasteiger partial charge in [0, 0.05) is 13.1 Å². The van der Waals surface area contributed by atoms with Crippen LogP contribution in [0.15, 0.2) is 0 Å². The van der Waals surface area contributed by atoms with E-state index in [1.165, 1.54) is 12.0 Å². The maximum absolute atomic E-state index is 11.0. The number of ether oxygens (including phenoxy) is 1. The fraction of sp³-hybridized carbons (Fsp3) is 0.714. The lowest BCUT2D eigenvalue weighted by Gasteiger charge is -2.29. The maximum Gasteiger partial charge on any atom is 0.407 e. The highest BCUT2D eigenvalue weighted by molar-refractivity contribution is 5.77. The third-order valence-corrected chi connectivity index (χ3v) is 1.93. The Morgan fingerprint density at radius 3 is 2.85 bits per heavy atom. The third kappa shape index (κ3) is 2.32. The molecule has 1 amide bonds. The van der Waals surface area contributed by atoms with Crippen molar-refractivity contribution in [1.29, 1.82) is 0 Å². The van der Waals surface area contributed by atoms with E-state index < -0.39 is 18.1 Å². The number of hydrogen-bond acceptors (Lipinski definition) is 4. The Bertz CT molecular complexity index is 219. The van der Waals surface area contributed by atoms with Gasteiger partial charge in [-0.1, -0.05) is 0 Å². The average Bonchev–Trinajstić information content (AvgIpc) is 2.17. The van der Waals surface area contributed by atoms with Crippen molar-refractivity contribution in [2.45, 2.75) is 6.04 Å². The van der Waals surface area contributed by atoms with Crippen molar-refractivity contribution in [2.75, 3.05) is 26.7 Å². The molecule has 0 aromatic rings. The number of hydrogen-bond donors (Lipinski definition) is 2. The molecular formula is C7H12N2O4. The van der Waals surface area contributed by atoms with Crippen molar-refractivity contribution in [3.63, 3.8) is 0 Å². The summed E-state index contributed by atoms with van der Waals surface area (Å²) in [5.41, 5.74) is 0. The highest BCUT2D eigenvalue weighted by atomic mass is 16.5. The van der Waals surface area contributed by atoms with Gasteiger partial charge in [0.1, 0.15) is 6.04 Å². The Kier molecular flexibility index (Phi) is 3.07. The van der Waals surface area contributed by atoms with E-state index in [9.17, 15) is 9.59 Å². The van der Waals surface area contributed by atoms with Crippen LogP contribution in [0.1, 0.15) is 0 Å². The van der Waals surface area contributed by atoms with E-state index in [2.05, 4.69) is 10.1 Å². The van der Waals surface area contributed by atoms with Gasteiger partial charge in [-0.15, -0.1) is 0 Å². The lowest BCUT2D eigenvalue weighted by Crippen LogP contribution is -2.55. The quantitative estimate of drug-likeness (QED) is 0.522. The molecule has 0 saturated carbocycles. The summed E-state index contributed by atoms with van der Waals surface area (Å²) in [6.45, 7) is 1.04. The van der Waals surface area contributed by atoms with Crippen molar-refractivity contribution in [3.05, 3.63) is 0 Å². The van der Waals surface area contributed by atoms with Crippen molar-refractivity contribution in [2.24, 2.45) is 0 Å². The molecule has 0 bridgehead atoms. The van der Waals surface area contributed by atoms with E-state index in [1.807, 2.05) is 0 Å². The van der Waals surface area contributed by atoms with Crippen LogP contribution in [0.25, 0.3) is 0 Å². The first kappa shape index (κ1) is 9.79. The molecule has 0 aliphatic carbocycles. The molecule has 1 fully saturated rings. The number of nitrogens with one attached hydrogen (secondary N) is 1. The first-order valence-corrected chi connectivity index (χ1v) is 3.94. The highest BCUT2D eigenvalue weighted by Crippen LogP contribution is 2.00. The minimum absolute atomic E-state index is 0.155. The zero-order valence-electron chi connectivity index (χ0n) is 7.32. The molecule has 6 nitrogen and oxygen atoms in total. The van der Waals surface area contributed by atoms with E-state index in [4.69, 9.17) is 5.11 Å². The Hall–Kier alpha value is -1.30. The molecular weight excluding hydrogens is 176 g/mol. The predicted molar refractivity (Wildman–Crippen MR) is 43.4 cm³/mol. The lowest BCUT2D eigenvalue weighted by molar-refractivity contribution is -0.144. The Morgan fingerprint density at radius 1 is 1.62 bits per heavy atom. The molecule has 74 valence electrons. The smallest absolute Gasteiger partial charge is 0.407 e. The van der Waals surface area contributed by atoms with Gasteiger partial charge in [0.05, 0.1) is 13.7 Å². The highest BCUT2D eigenvalue weighted by Gasteiger charge is 2.28. The first-order valence-electron chi connectivity index (χ1n) is 3.94. The number of carbonyl (C=O) groups is 2. The van der Waals surface area contributed by atoms with Crippen LogP contribution >= 0.6 is 0 Å². The normalized spacial score (nSPS) is 22.5. The van der Waals surface area contributed by atoms with Gasteiger partial charge in [-0.3, -0.25) is 4.79 Å². The minimum Gasteiger partial charge on any atom is -0.468 e. The van der Waals surface area contributed by atoms with Crippen LogP contribution in [0.3, 0.4) is 0 Å². The van der Waals surface area contributed by atoms with Crippen molar-refractivity contribution in [3.8, 4) is 0 Å². The molecule has 0 aromatic heterocycles. The summed E-state index contributed by atoms with van der Waals surface area (Å²) < 4.78 is 4.50. The minimum atomic E-state index is -1.00. The standard InChI is InChI=1S/C7H12N2O4/c1-13-6(10)5-4-9(7(11)12)3-2-8-5/h5,8H,2-4H2,1H3,(H,11,12). The van der Waals surface area contributed by atoms with Gasteiger partial charge in [-0.05, 0) is 0 Å². The molecule has 1 aliphatic heterocycles. The Balaban J connectivity index is 2.51. The first-order chi connectivity index (χ1) is 6.15. The molecule has 0 radical (unpaired) electrons. The van der Waals surface area contributed by atoms with Crippen LogP contribution in [0.5, 0.6) is 0 Å². The van der Waals surface area contributed by atoms with Gasteiger partial charge in [0.2, 0.25) is 0 Å². The van der Waals surface area contributed by atoms with Gasteiger partial charge in [0.15, 0.2) is 0 Å². The van der Waals surface area contributed by atoms with Gasteiger partial charge < -0.3 is 20.1 Å². The number of amides is 1. The van der Waals surface area contributed by atoms with Gasteiger partial charge in [-0.25, -0.2) is 4.79 Å². The van der Waals surface area contributed by atoms with E-state index in [1.54, 1.807) is 0 Å². The zero-order chi connectivity index (χ0) is 9.84. The van der Waals surface area contributed by atoms with E-state index >= 15 is 0 Å². The summed E-state index contributed by atoms with van der Waals surface area (Å²) in [4.78, 5) is 22.8. The summed E-state index contributed by atoms with van der Waals surface area (Å²) >= 11 is 0. The summed E-state index contributed by atoms with van der Waals surface area (Å²) in [5, 5.41) is 11.5. The van der Waals surface area contributed by atoms with Gasteiger partial charge >= 0.3 is 12.1 Å². The fourth-order valence-electron chi connectivity index (χ4n) is 1.22. The van der Waals surface area contributed by atoms with Crippen LogP contribution in [0.2, 0.25) is 0 Å². The molecule has 1 rings (SSSR count). The predicted octanol–water partition coefficient (Wildman–Crippen LogP) is -0.889. The largest absolute Gasteiger partial charge is 0.468 e. The van der Waals surface area contributed by atoms with E-state index in [0.29, 0.717) is 13.1 Å². The number of esters is 1. The molecule has 1 saturated heterocycles. The number of nitrogens with zero attached hydrogens (tertiary/aromatic N) is 1. The van der Waals surface area contributed by atoms with Crippen LogP contribution in [-0.4, -0.2) is 54.9 Å². The van der Waals surface area contributed by atoms with Crippen LogP contribution < -0.4 is 5.32 Å². The molecule has 0 spiro atoms. The second-order valence-electron chi connectivity index (χ2n) is 2.76. The monoisotopic (exact) mass is 188 g/mol. The topological polar surface area (TPSA) is 78.9 Å². The molecule has 13 heavy (non-hydrogen) atoms. The molecule has 0 aromatic carbocycles.